The maximum atomic E-state index is 12.0. The molecule has 114 valence electrons. The van der Waals surface area contributed by atoms with Crippen molar-refractivity contribution < 1.29 is 14.3 Å². The van der Waals surface area contributed by atoms with Crippen LogP contribution in [0.1, 0.15) is 23.2 Å². The van der Waals surface area contributed by atoms with Crippen molar-refractivity contribution in [3.05, 3.63) is 29.8 Å². The van der Waals surface area contributed by atoms with Crippen molar-refractivity contribution in [1.29, 1.82) is 0 Å². The molecule has 0 bridgehead atoms. The van der Waals surface area contributed by atoms with Crippen molar-refractivity contribution in [3.63, 3.8) is 0 Å². The third-order valence-corrected chi connectivity index (χ3v) is 3.63. The highest BCUT2D eigenvalue weighted by Crippen LogP contribution is 2.16. The summed E-state index contributed by atoms with van der Waals surface area (Å²) in [6, 6.07) is 6.67. The van der Waals surface area contributed by atoms with Gasteiger partial charge in [0.05, 0.1) is 18.4 Å². The molecule has 1 aromatic carbocycles. The number of hydrogen-bond acceptors (Lipinski definition) is 4. The van der Waals surface area contributed by atoms with Crippen LogP contribution in [0.4, 0.5) is 10.5 Å². The molecule has 1 aliphatic rings. The molecule has 0 radical (unpaired) electrons. The van der Waals surface area contributed by atoms with E-state index in [1.54, 1.807) is 24.3 Å². The van der Waals surface area contributed by atoms with Crippen molar-refractivity contribution in [2.45, 2.75) is 18.9 Å². The standard InChI is InChI=1S/C15H21N3O3/c1-18-9-7-11(8-10-18)16-15(20)17-13-6-4-3-5-12(13)14(19)21-2/h3-6,11H,7-10H2,1-2H3,(H2,16,17,20). The zero-order chi connectivity index (χ0) is 15.2. The molecule has 6 nitrogen and oxygen atoms in total. The van der Waals surface area contributed by atoms with Gasteiger partial charge in [-0.2, -0.15) is 0 Å². The molecule has 1 saturated heterocycles. The number of rotatable bonds is 3. The van der Waals surface area contributed by atoms with Gasteiger partial charge in [0, 0.05) is 6.04 Å². The fourth-order valence-electron chi connectivity index (χ4n) is 2.38. The van der Waals surface area contributed by atoms with Crippen LogP contribution in [0.2, 0.25) is 0 Å². The Balaban J connectivity index is 1.95. The first-order valence-electron chi connectivity index (χ1n) is 7.03. The Morgan fingerprint density at radius 1 is 1.24 bits per heavy atom. The largest absolute Gasteiger partial charge is 0.465 e. The smallest absolute Gasteiger partial charge is 0.339 e. The predicted molar refractivity (Wildman–Crippen MR) is 80.5 cm³/mol. The summed E-state index contributed by atoms with van der Waals surface area (Å²) in [6.45, 7) is 1.95. The van der Waals surface area contributed by atoms with E-state index in [0.29, 0.717) is 11.3 Å². The Hall–Kier alpha value is -2.08. The van der Waals surface area contributed by atoms with E-state index in [0.717, 1.165) is 25.9 Å². The maximum Gasteiger partial charge on any atom is 0.339 e. The first-order valence-corrected chi connectivity index (χ1v) is 7.03. The molecule has 0 aliphatic carbocycles. The fraction of sp³-hybridized carbons (Fsp3) is 0.467. The number of esters is 1. The number of hydrogen-bond donors (Lipinski definition) is 2. The van der Waals surface area contributed by atoms with Crippen LogP contribution in [0.25, 0.3) is 0 Å². The van der Waals surface area contributed by atoms with Crippen LogP contribution >= 0.6 is 0 Å². The predicted octanol–water partition coefficient (Wildman–Crippen LogP) is 1.69. The number of benzene rings is 1. The Morgan fingerprint density at radius 3 is 2.57 bits per heavy atom. The van der Waals surface area contributed by atoms with Gasteiger partial charge >= 0.3 is 12.0 Å². The summed E-state index contributed by atoms with van der Waals surface area (Å²) in [6.07, 6.45) is 1.87. The fourth-order valence-corrected chi connectivity index (χ4v) is 2.38. The lowest BCUT2D eigenvalue weighted by atomic mass is 10.1. The van der Waals surface area contributed by atoms with E-state index in [4.69, 9.17) is 4.74 Å². The Morgan fingerprint density at radius 2 is 1.90 bits per heavy atom. The van der Waals surface area contributed by atoms with E-state index in [9.17, 15) is 9.59 Å². The number of carbonyl (C=O) groups is 2. The second-order valence-corrected chi connectivity index (χ2v) is 5.21. The number of carbonyl (C=O) groups excluding carboxylic acids is 2. The van der Waals surface area contributed by atoms with Gasteiger partial charge in [-0.3, -0.25) is 0 Å². The summed E-state index contributed by atoms with van der Waals surface area (Å²) in [4.78, 5) is 25.9. The summed E-state index contributed by atoms with van der Waals surface area (Å²) in [5.41, 5.74) is 0.799. The first kappa shape index (κ1) is 15.3. The van der Waals surface area contributed by atoms with E-state index >= 15 is 0 Å². The van der Waals surface area contributed by atoms with Gasteiger partial charge < -0.3 is 20.3 Å². The number of para-hydroxylation sites is 1. The Kier molecular flexibility index (Phi) is 5.16. The van der Waals surface area contributed by atoms with Crippen molar-refractivity contribution in [3.8, 4) is 0 Å². The molecular formula is C15H21N3O3. The number of anilines is 1. The van der Waals surface area contributed by atoms with Crippen molar-refractivity contribution in [2.75, 3.05) is 32.6 Å². The summed E-state index contributed by atoms with van der Waals surface area (Å²) in [5, 5.41) is 5.66. The molecular weight excluding hydrogens is 270 g/mol. The average molecular weight is 291 g/mol. The quantitative estimate of drug-likeness (QED) is 0.831. The van der Waals surface area contributed by atoms with E-state index in [-0.39, 0.29) is 12.1 Å². The summed E-state index contributed by atoms with van der Waals surface area (Å²) >= 11 is 0. The Labute approximate surface area is 124 Å². The van der Waals surface area contributed by atoms with E-state index in [1.165, 1.54) is 7.11 Å². The number of likely N-dealkylation sites (tertiary alicyclic amines) is 1. The molecule has 1 heterocycles. The van der Waals surface area contributed by atoms with Crippen LogP contribution in [-0.2, 0) is 4.74 Å². The zero-order valence-electron chi connectivity index (χ0n) is 12.4. The lowest BCUT2D eigenvalue weighted by molar-refractivity contribution is 0.0602. The highest BCUT2D eigenvalue weighted by atomic mass is 16.5. The summed E-state index contributed by atoms with van der Waals surface area (Å²) in [7, 11) is 3.39. The minimum Gasteiger partial charge on any atom is -0.465 e. The lowest BCUT2D eigenvalue weighted by Crippen LogP contribution is -2.45. The van der Waals surface area contributed by atoms with Crippen LogP contribution in [0.3, 0.4) is 0 Å². The van der Waals surface area contributed by atoms with Crippen LogP contribution in [-0.4, -0.2) is 50.2 Å². The first-order chi connectivity index (χ1) is 10.1. The van der Waals surface area contributed by atoms with Gasteiger partial charge in [-0.15, -0.1) is 0 Å². The highest BCUT2D eigenvalue weighted by molar-refractivity contribution is 6.00. The number of methoxy groups -OCH3 is 1. The molecule has 0 atom stereocenters. The van der Waals surface area contributed by atoms with Gasteiger partial charge in [0.1, 0.15) is 0 Å². The van der Waals surface area contributed by atoms with Gasteiger partial charge in [-0.05, 0) is 45.1 Å². The number of urea groups is 1. The van der Waals surface area contributed by atoms with Crippen LogP contribution in [0.15, 0.2) is 24.3 Å². The van der Waals surface area contributed by atoms with Crippen LogP contribution in [0, 0.1) is 0 Å². The molecule has 1 aliphatic heterocycles. The lowest BCUT2D eigenvalue weighted by Gasteiger charge is -2.29. The number of amides is 2. The number of nitrogens with one attached hydrogen (secondary N) is 2. The average Bonchev–Trinajstić information content (AvgIpc) is 2.49. The zero-order valence-corrected chi connectivity index (χ0v) is 12.4. The highest BCUT2D eigenvalue weighted by Gasteiger charge is 2.19. The molecule has 21 heavy (non-hydrogen) atoms. The van der Waals surface area contributed by atoms with Crippen LogP contribution in [0.5, 0.6) is 0 Å². The molecule has 0 saturated carbocycles. The molecule has 2 N–H and O–H groups in total. The summed E-state index contributed by atoms with van der Waals surface area (Å²) in [5.74, 6) is -0.467. The molecule has 6 heteroatoms. The van der Waals surface area contributed by atoms with Gasteiger partial charge in [0.2, 0.25) is 0 Å². The van der Waals surface area contributed by atoms with Gasteiger partial charge in [-0.25, -0.2) is 9.59 Å². The third kappa shape index (κ3) is 4.19. The van der Waals surface area contributed by atoms with Gasteiger partial charge in [-0.1, -0.05) is 12.1 Å². The topological polar surface area (TPSA) is 70.7 Å². The molecule has 2 amide bonds. The van der Waals surface area contributed by atoms with Crippen molar-refractivity contribution >= 4 is 17.7 Å². The van der Waals surface area contributed by atoms with E-state index in [2.05, 4.69) is 22.6 Å². The van der Waals surface area contributed by atoms with Crippen molar-refractivity contribution in [2.24, 2.45) is 0 Å². The molecule has 0 unspecified atom stereocenters. The minimum absolute atomic E-state index is 0.173. The van der Waals surface area contributed by atoms with Crippen LogP contribution < -0.4 is 10.6 Å². The normalized spacial score (nSPS) is 16.3. The molecule has 0 spiro atoms. The number of piperidine rings is 1. The van der Waals surface area contributed by atoms with Gasteiger partial charge in [0.15, 0.2) is 0 Å². The Bertz CT molecular complexity index is 511. The van der Waals surface area contributed by atoms with Crippen molar-refractivity contribution in [1.82, 2.24) is 10.2 Å². The van der Waals surface area contributed by atoms with Gasteiger partial charge in [0.25, 0.3) is 0 Å². The second kappa shape index (κ2) is 7.08. The minimum atomic E-state index is -0.467. The summed E-state index contributed by atoms with van der Waals surface area (Å²) < 4.78 is 4.70. The number of ether oxygens (including phenoxy) is 1. The second-order valence-electron chi connectivity index (χ2n) is 5.21. The molecule has 1 aromatic rings. The molecule has 0 aromatic heterocycles. The van der Waals surface area contributed by atoms with E-state index < -0.39 is 5.97 Å². The molecule has 1 fully saturated rings. The monoisotopic (exact) mass is 291 g/mol. The molecule has 2 rings (SSSR count). The maximum absolute atomic E-state index is 12.0. The van der Waals surface area contributed by atoms with E-state index in [1.807, 2.05) is 0 Å². The third-order valence-electron chi connectivity index (χ3n) is 3.63. The number of nitrogens with zero attached hydrogens (tertiary/aromatic N) is 1. The SMILES string of the molecule is COC(=O)c1ccccc1NC(=O)NC1CCN(C)CC1.